The fraction of sp³-hybridized carbons (Fsp3) is 0. The molecule has 3 heteroatoms. The summed E-state index contributed by atoms with van der Waals surface area (Å²) >= 11 is 0. The molecule has 0 bridgehead atoms. The molecule has 0 aliphatic carbocycles. The minimum Gasteiger partial charge on any atom is -0.240 e. The first-order valence-electron chi connectivity index (χ1n) is 5.58. The number of hydrogen-bond acceptors (Lipinski definition) is 3. The van der Waals surface area contributed by atoms with E-state index in [2.05, 4.69) is 46.6 Å². The second-order valence-corrected chi connectivity index (χ2v) is 3.64. The van der Waals surface area contributed by atoms with Gasteiger partial charge in [0.2, 0.25) is 0 Å². The third-order valence-electron chi connectivity index (χ3n) is 2.25. The molecule has 0 unspecified atom stereocenters. The van der Waals surface area contributed by atoms with Crippen LogP contribution in [0.4, 0.5) is 0 Å². The summed E-state index contributed by atoms with van der Waals surface area (Å²) in [6, 6.07) is 20.6. The van der Waals surface area contributed by atoms with Gasteiger partial charge in [0, 0.05) is 0 Å². The van der Waals surface area contributed by atoms with Gasteiger partial charge in [0.25, 0.3) is 0 Å². The molecule has 18 heavy (non-hydrogen) atoms. The van der Waals surface area contributed by atoms with Crippen LogP contribution in [0.2, 0.25) is 0 Å². The van der Waals surface area contributed by atoms with Crippen LogP contribution in [0.1, 0.15) is 11.1 Å². The zero-order chi connectivity index (χ0) is 12.6. The van der Waals surface area contributed by atoms with Crippen LogP contribution in [0, 0.1) is 0 Å². The van der Waals surface area contributed by atoms with Crippen LogP contribution in [0.25, 0.3) is 12.2 Å². The van der Waals surface area contributed by atoms with Crippen molar-refractivity contribution in [1.82, 2.24) is 10.2 Å². The molecule has 0 fully saturated rings. The van der Waals surface area contributed by atoms with Gasteiger partial charge in [-0.05, 0) is 11.1 Å². The van der Waals surface area contributed by atoms with E-state index in [9.17, 15) is 4.79 Å². The molecular formula is C15H12N2O. The molecule has 88 valence electrons. The number of rotatable bonds is 2. The van der Waals surface area contributed by atoms with Crippen LogP contribution in [-0.4, -0.2) is 10.2 Å². The van der Waals surface area contributed by atoms with Crippen LogP contribution >= 0.6 is 0 Å². The van der Waals surface area contributed by atoms with Crippen molar-refractivity contribution >= 4 is 12.2 Å². The maximum atomic E-state index is 9.22. The van der Waals surface area contributed by atoms with Crippen LogP contribution in [0.5, 0.6) is 0 Å². The topological polar surface area (TPSA) is 42.9 Å². The Kier molecular flexibility index (Phi) is 4.14. The van der Waals surface area contributed by atoms with Gasteiger partial charge >= 0.3 is 5.69 Å². The summed E-state index contributed by atoms with van der Waals surface area (Å²) in [7, 11) is 0. The molecule has 2 aromatic carbocycles. The van der Waals surface area contributed by atoms with Crippen molar-refractivity contribution in [3.63, 3.8) is 0 Å². The SMILES string of the molecule is C(=Cc1ccccc1)c1ccccc1.O=c1nn1. The minimum atomic E-state index is -0.333. The third kappa shape index (κ3) is 4.53. The fourth-order valence-electron chi connectivity index (χ4n) is 1.34. The molecule has 0 spiro atoms. The second-order valence-electron chi connectivity index (χ2n) is 3.64. The zero-order valence-electron chi connectivity index (χ0n) is 9.73. The van der Waals surface area contributed by atoms with Gasteiger partial charge in [-0.25, -0.2) is 4.79 Å². The number of benzene rings is 2. The van der Waals surface area contributed by atoms with Crippen molar-refractivity contribution in [2.24, 2.45) is 0 Å². The molecule has 0 saturated heterocycles. The van der Waals surface area contributed by atoms with Crippen molar-refractivity contribution in [3.05, 3.63) is 82.3 Å². The Labute approximate surface area is 105 Å². The molecule has 0 atom stereocenters. The average Bonchev–Trinajstić information content (AvgIpc) is 3.22. The third-order valence-corrected chi connectivity index (χ3v) is 2.25. The van der Waals surface area contributed by atoms with Crippen LogP contribution in [0.3, 0.4) is 0 Å². The molecule has 3 rings (SSSR count). The summed E-state index contributed by atoms with van der Waals surface area (Å²) in [6.07, 6.45) is 4.24. The molecule has 0 radical (unpaired) electrons. The normalized spacial score (nSPS) is 10.2. The lowest BCUT2D eigenvalue weighted by atomic mass is 10.1. The fourth-order valence-corrected chi connectivity index (χ4v) is 1.34. The van der Waals surface area contributed by atoms with Crippen LogP contribution in [-0.2, 0) is 0 Å². The molecule has 0 aliphatic rings. The van der Waals surface area contributed by atoms with Crippen molar-refractivity contribution < 1.29 is 0 Å². The predicted octanol–water partition coefficient (Wildman–Crippen LogP) is 2.57. The summed E-state index contributed by atoms with van der Waals surface area (Å²) in [5.41, 5.74) is 2.13. The predicted molar refractivity (Wildman–Crippen MR) is 72.5 cm³/mol. The van der Waals surface area contributed by atoms with Gasteiger partial charge in [-0.2, -0.15) is 0 Å². The highest BCUT2D eigenvalue weighted by Gasteiger charge is 1.85. The number of hydrogen-bond donors (Lipinski definition) is 0. The summed E-state index contributed by atoms with van der Waals surface area (Å²) < 4.78 is 0. The van der Waals surface area contributed by atoms with E-state index in [0.29, 0.717) is 0 Å². The van der Waals surface area contributed by atoms with E-state index in [1.807, 2.05) is 36.4 Å². The van der Waals surface area contributed by atoms with E-state index in [0.717, 1.165) is 0 Å². The maximum Gasteiger partial charge on any atom is 0.404 e. The Morgan fingerprint density at radius 3 is 1.28 bits per heavy atom. The number of nitrogens with zero attached hydrogens (tertiary/aromatic N) is 2. The van der Waals surface area contributed by atoms with Crippen molar-refractivity contribution in [1.29, 1.82) is 0 Å². The quantitative estimate of drug-likeness (QED) is 0.642. The first kappa shape index (κ1) is 11.9. The van der Waals surface area contributed by atoms with Gasteiger partial charge in [0.1, 0.15) is 0 Å². The molecule has 3 nitrogen and oxygen atoms in total. The standard InChI is InChI=1S/C14H12.CN2O/c1-3-7-13(8-4-1)11-12-14-9-5-2-6-10-14;4-1-2-3-1/h1-12H;. The van der Waals surface area contributed by atoms with E-state index in [-0.39, 0.29) is 5.69 Å². The molecule has 0 aliphatic heterocycles. The summed E-state index contributed by atoms with van der Waals surface area (Å²) in [6.45, 7) is 0. The Balaban J connectivity index is 0.000000256. The maximum absolute atomic E-state index is 9.22. The highest BCUT2D eigenvalue weighted by molar-refractivity contribution is 5.69. The van der Waals surface area contributed by atoms with Crippen LogP contribution in [0.15, 0.2) is 65.5 Å². The Hall–Kier alpha value is -2.55. The Morgan fingerprint density at radius 2 is 1.00 bits per heavy atom. The van der Waals surface area contributed by atoms with Gasteiger partial charge in [0.05, 0.1) is 0 Å². The average molecular weight is 236 g/mol. The monoisotopic (exact) mass is 236 g/mol. The molecule has 0 amide bonds. The van der Waals surface area contributed by atoms with E-state index in [1.165, 1.54) is 11.1 Å². The summed E-state index contributed by atoms with van der Waals surface area (Å²) in [4.78, 5) is 9.22. The van der Waals surface area contributed by atoms with E-state index >= 15 is 0 Å². The summed E-state index contributed by atoms with van der Waals surface area (Å²) in [5, 5.41) is 5.78. The molecular weight excluding hydrogens is 224 g/mol. The molecule has 0 saturated carbocycles. The van der Waals surface area contributed by atoms with Crippen LogP contribution < -0.4 is 5.69 Å². The minimum absolute atomic E-state index is 0.333. The van der Waals surface area contributed by atoms with Gasteiger partial charge in [-0.15, -0.1) is 0 Å². The lowest BCUT2D eigenvalue weighted by Crippen LogP contribution is -1.70. The largest absolute Gasteiger partial charge is 0.404 e. The Bertz CT molecular complexity index is 555. The second kappa shape index (κ2) is 6.25. The van der Waals surface area contributed by atoms with Gasteiger partial charge in [-0.3, -0.25) is 0 Å². The lowest BCUT2D eigenvalue weighted by molar-refractivity contribution is 1.39. The van der Waals surface area contributed by atoms with Crippen molar-refractivity contribution in [3.8, 4) is 0 Å². The molecule has 1 heterocycles. The Morgan fingerprint density at radius 1 is 0.667 bits per heavy atom. The van der Waals surface area contributed by atoms with E-state index < -0.39 is 0 Å². The zero-order valence-corrected chi connectivity index (χ0v) is 9.73. The van der Waals surface area contributed by atoms with Gasteiger partial charge < -0.3 is 0 Å². The highest BCUT2D eigenvalue weighted by atomic mass is 16.2. The van der Waals surface area contributed by atoms with Gasteiger partial charge in [-0.1, -0.05) is 83.0 Å². The lowest BCUT2D eigenvalue weighted by Gasteiger charge is -1.92. The van der Waals surface area contributed by atoms with Gasteiger partial charge in [0.15, 0.2) is 0 Å². The van der Waals surface area contributed by atoms with Crippen molar-refractivity contribution in [2.75, 3.05) is 0 Å². The molecule has 3 aromatic rings. The number of aromatic nitrogens is 2. The summed E-state index contributed by atoms with van der Waals surface area (Å²) in [5.74, 6) is 0. The van der Waals surface area contributed by atoms with Crippen molar-refractivity contribution in [2.45, 2.75) is 0 Å². The first-order valence-corrected chi connectivity index (χ1v) is 5.58. The van der Waals surface area contributed by atoms with E-state index in [4.69, 9.17) is 0 Å². The molecule has 1 aromatic heterocycles. The molecule has 0 N–H and O–H groups in total. The first-order chi connectivity index (χ1) is 8.84. The van der Waals surface area contributed by atoms with E-state index in [1.54, 1.807) is 0 Å². The highest BCUT2D eigenvalue weighted by Crippen LogP contribution is 2.06. The smallest absolute Gasteiger partial charge is 0.240 e.